The molecule has 2 aromatic rings. The predicted molar refractivity (Wildman–Crippen MR) is 95.5 cm³/mol. The molecule has 2 rings (SSSR count). The summed E-state index contributed by atoms with van der Waals surface area (Å²) in [6.45, 7) is 4.78. The number of nitrogens with two attached hydrogens (primary N) is 1. The number of amides is 2. The minimum Gasteiger partial charge on any atom is -0.361 e. The summed E-state index contributed by atoms with van der Waals surface area (Å²) < 4.78 is 0. The largest absolute Gasteiger partial charge is 0.361 e. The first-order valence-corrected chi connectivity index (χ1v) is 8.32. The number of fused-ring (bicyclic) bond motifs is 1. The van der Waals surface area contributed by atoms with E-state index in [4.69, 9.17) is 5.73 Å². The Morgan fingerprint density at radius 1 is 1.17 bits per heavy atom. The summed E-state index contributed by atoms with van der Waals surface area (Å²) >= 11 is 0. The fourth-order valence-corrected chi connectivity index (χ4v) is 2.59. The van der Waals surface area contributed by atoms with Crippen LogP contribution in [0.2, 0.25) is 0 Å². The Labute approximate surface area is 142 Å². The van der Waals surface area contributed by atoms with Crippen molar-refractivity contribution in [3.8, 4) is 0 Å². The smallest absolute Gasteiger partial charge is 0.237 e. The van der Waals surface area contributed by atoms with Crippen LogP contribution in [0, 0.1) is 5.92 Å². The van der Waals surface area contributed by atoms with Crippen LogP contribution in [0.1, 0.15) is 25.8 Å². The Morgan fingerprint density at radius 3 is 2.62 bits per heavy atom. The highest BCUT2D eigenvalue weighted by atomic mass is 16.2. The molecule has 5 N–H and O–H groups in total. The highest BCUT2D eigenvalue weighted by Gasteiger charge is 2.15. The van der Waals surface area contributed by atoms with Gasteiger partial charge >= 0.3 is 0 Å². The number of nitrogens with one attached hydrogen (secondary N) is 3. The van der Waals surface area contributed by atoms with E-state index >= 15 is 0 Å². The van der Waals surface area contributed by atoms with Crippen molar-refractivity contribution in [2.75, 3.05) is 13.1 Å². The Kier molecular flexibility index (Phi) is 6.37. The number of rotatable bonds is 8. The lowest BCUT2D eigenvalue weighted by Gasteiger charge is -2.12. The molecule has 24 heavy (non-hydrogen) atoms. The summed E-state index contributed by atoms with van der Waals surface area (Å²) in [4.78, 5) is 26.8. The van der Waals surface area contributed by atoms with Gasteiger partial charge in [-0.3, -0.25) is 9.59 Å². The number of hydrogen-bond donors (Lipinski definition) is 4. The molecule has 1 atom stereocenters. The van der Waals surface area contributed by atoms with Crippen LogP contribution in [0.25, 0.3) is 10.9 Å². The Hall–Kier alpha value is -2.34. The topological polar surface area (TPSA) is 100 Å². The minimum atomic E-state index is -0.615. The van der Waals surface area contributed by atoms with Crippen molar-refractivity contribution in [3.05, 3.63) is 36.0 Å². The van der Waals surface area contributed by atoms with E-state index in [-0.39, 0.29) is 11.8 Å². The summed E-state index contributed by atoms with van der Waals surface area (Å²) in [6, 6.07) is 7.31. The molecule has 0 aliphatic carbocycles. The number of hydrogen-bond acceptors (Lipinski definition) is 3. The molecule has 0 aliphatic heterocycles. The van der Waals surface area contributed by atoms with Gasteiger partial charge in [-0.1, -0.05) is 32.0 Å². The lowest BCUT2D eigenvalue weighted by molar-refractivity contribution is -0.123. The van der Waals surface area contributed by atoms with Crippen molar-refractivity contribution in [1.29, 1.82) is 0 Å². The fraction of sp³-hybridized carbons (Fsp3) is 0.444. The first kappa shape index (κ1) is 18.0. The second-order valence-corrected chi connectivity index (χ2v) is 6.41. The third-order valence-corrected chi connectivity index (χ3v) is 3.79. The van der Waals surface area contributed by atoms with Crippen LogP contribution in [-0.4, -0.2) is 35.9 Å². The molecular formula is C18H26N4O2. The van der Waals surface area contributed by atoms with Crippen LogP contribution in [0.15, 0.2) is 30.5 Å². The van der Waals surface area contributed by atoms with Crippen molar-refractivity contribution < 1.29 is 9.59 Å². The average molecular weight is 330 g/mol. The van der Waals surface area contributed by atoms with E-state index in [9.17, 15) is 9.59 Å². The van der Waals surface area contributed by atoms with Crippen molar-refractivity contribution in [3.63, 3.8) is 0 Å². The maximum Gasteiger partial charge on any atom is 0.237 e. The summed E-state index contributed by atoms with van der Waals surface area (Å²) in [5.74, 6) is 0.116. The molecule has 6 heteroatoms. The SMILES string of the molecule is CC(C)CC(=O)NCCNC(=O)[C@@H](N)Cc1c[nH]c2ccccc12. The van der Waals surface area contributed by atoms with E-state index in [1.54, 1.807) is 0 Å². The number of benzene rings is 1. The third kappa shape index (κ3) is 5.09. The van der Waals surface area contributed by atoms with Gasteiger partial charge in [0.2, 0.25) is 11.8 Å². The predicted octanol–water partition coefficient (Wildman–Crippen LogP) is 1.32. The van der Waals surface area contributed by atoms with Crippen LogP contribution in [0.3, 0.4) is 0 Å². The van der Waals surface area contributed by atoms with Gasteiger partial charge in [0.15, 0.2) is 0 Å². The summed E-state index contributed by atoms with van der Waals surface area (Å²) in [7, 11) is 0. The van der Waals surface area contributed by atoms with Gasteiger partial charge in [-0.05, 0) is 24.0 Å². The zero-order valence-corrected chi connectivity index (χ0v) is 14.3. The zero-order chi connectivity index (χ0) is 17.5. The van der Waals surface area contributed by atoms with Gasteiger partial charge in [-0.15, -0.1) is 0 Å². The highest BCUT2D eigenvalue weighted by molar-refractivity contribution is 5.86. The van der Waals surface area contributed by atoms with E-state index < -0.39 is 6.04 Å². The molecule has 0 bridgehead atoms. The number of carbonyl (C=O) groups excluding carboxylic acids is 2. The second kappa shape index (κ2) is 8.49. The first-order valence-electron chi connectivity index (χ1n) is 8.32. The van der Waals surface area contributed by atoms with Gasteiger partial charge in [0, 0.05) is 36.6 Å². The lowest BCUT2D eigenvalue weighted by atomic mass is 10.1. The highest BCUT2D eigenvalue weighted by Crippen LogP contribution is 2.18. The number of para-hydroxylation sites is 1. The molecule has 1 aromatic heterocycles. The van der Waals surface area contributed by atoms with Crippen LogP contribution in [-0.2, 0) is 16.0 Å². The molecule has 1 aromatic carbocycles. The molecular weight excluding hydrogens is 304 g/mol. The number of carbonyl (C=O) groups is 2. The Balaban J connectivity index is 1.75. The fourth-order valence-electron chi connectivity index (χ4n) is 2.59. The van der Waals surface area contributed by atoms with E-state index in [1.807, 2.05) is 44.3 Å². The van der Waals surface area contributed by atoms with Crippen molar-refractivity contribution in [2.24, 2.45) is 11.7 Å². The number of aromatic nitrogens is 1. The van der Waals surface area contributed by atoms with Gasteiger partial charge in [0.25, 0.3) is 0 Å². The van der Waals surface area contributed by atoms with Gasteiger partial charge in [0.1, 0.15) is 0 Å². The molecule has 0 fully saturated rings. The molecule has 0 saturated carbocycles. The van der Waals surface area contributed by atoms with Crippen LogP contribution < -0.4 is 16.4 Å². The number of aromatic amines is 1. The molecule has 0 radical (unpaired) electrons. The van der Waals surface area contributed by atoms with E-state index in [0.717, 1.165) is 16.5 Å². The second-order valence-electron chi connectivity index (χ2n) is 6.41. The van der Waals surface area contributed by atoms with Gasteiger partial charge in [-0.2, -0.15) is 0 Å². The average Bonchev–Trinajstić information content (AvgIpc) is 2.94. The molecule has 2 amide bonds. The van der Waals surface area contributed by atoms with Gasteiger partial charge in [-0.25, -0.2) is 0 Å². The molecule has 0 saturated heterocycles. The van der Waals surface area contributed by atoms with Gasteiger partial charge < -0.3 is 21.4 Å². The molecule has 6 nitrogen and oxygen atoms in total. The lowest BCUT2D eigenvalue weighted by Crippen LogP contribution is -2.44. The normalized spacial score (nSPS) is 12.3. The van der Waals surface area contributed by atoms with Gasteiger partial charge in [0.05, 0.1) is 6.04 Å². The molecule has 130 valence electrons. The van der Waals surface area contributed by atoms with Crippen LogP contribution in [0.4, 0.5) is 0 Å². The summed E-state index contributed by atoms with van der Waals surface area (Å²) in [5, 5.41) is 6.63. The Bertz CT molecular complexity index is 693. The van der Waals surface area contributed by atoms with Crippen LogP contribution in [0.5, 0.6) is 0 Å². The molecule has 1 heterocycles. The van der Waals surface area contributed by atoms with E-state index in [2.05, 4.69) is 15.6 Å². The maximum absolute atomic E-state index is 12.1. The quantitative estimate of drug-likeness (QED) is 0.549. The monoisotopic (exact) mass is 330 g/mol. The van der Waals surface area contributed by atoms with Crippen LogP contribution >= 0.6 is 0 Å². The zero-order valence-electron chi connectivity index (χ0n) is 14.3. The summed E-state index contributed by atoms with van der Waals surface area (Å²) in [6.07, 6.45) is 2.85. The van der Waals surface area contributed by atoms with Crippen molar-refractivity contribution in [2.45, 2.75) is 32.7 Å². The number of H-pyrrole nitrogens is 1. The molecule has 0 aliphatic rings. The maximum atomic E-state index is 12.1. The van der Waals surface area contributed by atoms with Crippen molar-refractivity contribution >= 4 is 22.7 Å². The Morgan fingerprint density at radius 2 is 1.88 bits per heavy atom. The van der Waals surface area contributed by atoms with E-state index in [0.29, 0.717) is 31.8 Å². The summed E-state index contributed by atoms with van der Waals surface area (Å²) in [5.41, 5.74) is 8.06. The third-order valence-electron chi connectivity index (χ3n) is 3.79. The molecule has 0 unspecified atom stereocenters. The van der Waals surface area contributed by atoms with E-state index in [1.165, 1.54) is 0 Å². The van der Waals surface area contributed by atoms with Crippen molar-refractivity contribution in [1.82, 2.24) is 15.6 Å². The standard InChI is InChI=1S/C18H26N4O2/c1-12(2)9-17(23)20-7-8-21-18(24)15(19)10-13-11-22-16-6-4-3-5-14(13)16/h3-6,11-12,15,22H,7-10,19H2,1-2H3,(H,20,23)(H,21,24)/t15-/m0/s1. The first-order chi connectivity index (χ1) is 11.5. The molecule has 0 spiro atoms. The minimum absolute atomic E-state index is 0.00217.